The molecule has 2 N–H and O–H groups in total. The Bertz CT molecular complexity index is 603. The predicted octanol–water partition coefficient (Wildman–Crippen LogP) is 3.56. The molecule has 3 rings (SSSR count). The topological polar surface area (TPSA) is 61.4 Å². The number of hydrogen-bond acceptors (Lipinski definition) is 3. The Morgan fingerprint density at radius 3 is 2.38 bits per heavy atom. The number of carbonyl (C=O) groups is 2. The Morgan fingerprint density at radius 1 is 0.962 bits per heavy atom. The van der Waals surface area contributed by atoms with Crippen LogP contribution in [-0.4, -0.2) is 42.4 Å². The van der Waals surface area contributed by atoms with Gasteiger partial charge in [0.05, 0.1) is 6.54 Å². The minimum atomic E-state index is 0.0288. The lowest BCUT2D eigenvalue weighted by atomic mass is 9.95. The second-order valence-corrected chi connectivity index (χ2v) is 7.54. The second kappa shape index (κ2) is 9.60. The van der Waals surface area contributed by atoms with Gasteiger partial charge in [0, 0.05) is 30.4 Å². The third kappa shape index (κ3) is 5.48. The van der Waals surface area contributed by atoms with Gasteiger partial charge in [0.15, 0.2) is 0 Å². The highest BCUT2D eigenvalue weighted by molar-refractivity contribution is 5.95. The van der Waals surface area contributed by atoms with Crippen molar-refractivity contribution in [2.45, 2.75) is 63.8 Å². The Hall–Kier alpha value is -2.04. The smallest absolute Gasteiger partial charge is 0.253 e. The van der Waals surface area contributed by atoms with Crippen LogP contribution in [0.15, 0.2) is 24.3 Å². The van der Waals surface area contributed by atoms with E-state index < -0.39 is 0 Å². The molecule has 2 amide bonds. The molecule has 0 spiro atoms. The van der Waals surface area contributed by atoms with Crippen molar-refractivity contribution in [3.8, 4) is 0 Å². The summed E-state index contributed by atoms with van der Waals surface area (Å²) in [4.78, 5) is 26.8. The first-order valence-corrected chi connectivity index (χ1v) is 10.1. The third-order valence-corrected chi connectivity index (χ3v) is 5.43. The molecule has 142 valence electrons. The van der Waals surface area contributed by atoms with Gasteiger partial charge < -0.3 is 15.5 Å². The molecule has 26 heavy (non-hydrogen) atoms. The van der Waals surface area contributed by atoms with Crippen LogP contribution in [-0.2, 0) is 4.79 Å². The van der Waals surface area contributed by atoms with Gasteiger partial charge in [-0.05, 0) is 43.9 Å². The number of likely N-dealkylation sites (tertiary alicyclic amines) is 1. The Balaban J connectivity index is 1.51. The highest BCUT2D eigenvalue weighted by Crippen LogP contribution is 2.18. The van der Waals surface area contributed by atoms with Crippen molar-refractivity contribution in [1.82, 2.24) is 10.2 Å². The third-order valence-electron chi connectivity index (χ3n) is 5.43. The van der Waals surface area contributed by atoms with Crippen LogP contribution in [0.4, 0.5) is 5.69 Å². The van der Waals surface area contributed by atoms with E-state index in [2.05, 4.69) is 10.6 Å². The normalized spacial score (nSPS) is 18.8. The molecule has 0 bridgehead atoms. The van der Waals surface area contributed by atoms with E-state index >= 15 is 0 Å². The van der Waals surface area contributed by atoms with Crippen LogP contribution in [0.25, 0.3) is 0 Å². The van der Waals surface area contributed by atoms with E-state index in [1.165, 1.54) is 32.1 Å². The van der Waals surface area contributed by atoms with Crippen LogP contribution in [0.2, 0.25) is 0 Å². The molecule has 1 aromatic carbocycles. The summed E-state index contributed by atoms with van der Waals surface area (Å²) in [7, 11) is 0. The SMILES string of the molecule is O=C(CNc1cccc(C(=O)N2CCCCCC2)c1)NC1CCCCC1. The quantitative estimate of drug-likeness (QED) is 0.847. The molecule has 0 aromatic heterocycles. The van der Waals surface area contributed by atoms with Gasteiger partial charge in [-0.25, -0.2) is 0 Å². The first-order valence-electron chi connectivity index (χ1n) is 10.1. The Labute approximate surface area is 156 Å². The van der Waals surface area contributed by atoms with Crippen molar-refractivity contribution in [2.75, 3.05) is 25.0 Å². The van der Waals surface area contributed by atoms with E-state index in [-0.39, 0.29) is 18.4 Å². The monoisotopic (exact) mass is 357 g/mol. The summed E-state index contributed by atoms with van der Waals surface area (Å²) in [5.74, 6) is 0.128. The minimum absolute atomic E-state index is 0.0288. The highest BCUT2D eigenvalue weighted by atomic mass is 16.2. The number of nitrogens with zero attached hydrogens (tertiary/aromatic N) is 1. The van der Waals surface area contributed by atoms with Crippen LogP contribution in [0.1, 0.15) is 68.1 Å². The molecule has 2 fully saturated rings. The highest BCUT2D eigenvalue weighted by Gasteiger charge is 2.18. The van der Waals surface area contributed by atoms with E-state index in [0.29, 0.717) is 11.6 Å². The molecule has 1 saturated heterocycles. The van der Waals surface area contributed by atoms with Crippen LogP contribution in [0.3, 0.4) is 0 Å². The molecule has 1 aliphatic carbocycles. The van der Waals surface area contributed by atoms with Crippen molar-refractivity contribution >= 4 is 17.5 Å². The van der Waals surface area contributed by atoms with Gasteiger partial charge in [-0.15, -0.1) is 0 Å². The van der Waals surface area contributed by atoms with Gasteiger partial charge in [0.25, 0.3) is 5.91 Å². The summed E-state index contributed by atoms with van der Waals surface area (Å²) >= 11 is 0. The maximum atomic E-state index is 12.7. The maximum absolute atomic E-state index is 12.7. The second-order valence-electron chi connectivity index (χ2n) is 7.54. The molecule has 5 heteroatoms. The van der Waals surface area contributed by atoms with E-state index in [0.717, 1.165) is 44.5 Å². The van der Waals surface area contributed by atoms with Crippen molar-refractivity contribution in [3.63, 3.8) is 0 Å². The van der Waals surface area contributed by atoms with Crippen molar-refractivity contribution in [1.29, 1.82) is 0 Å². The fourth-order valence-corrected chi connectivity index (χ4v) is 3.93. The molecule has 1 aliphatic heterocycles. The Morgan fingerprint density at radius 2 is 1.65 bits per heavy atom. The molecule has 1 aromatic rings. The largest absolute Gasteiger partial charge is 0.376 e. The summed E-state index contributed by atoms with van der Waals surface area (Å²) < 4.78 is 0. The standard InChI is InChI=1S/C21H31N3O2/c25-20(23-18-10-4-3-5-11-18)16-22-19-12-8-9-17(15-19)21(26)24-13-6-1-2-7-14-24/h8-9,12,15,18,22H,1-7,10-11,13-14,16H2,(H,23,25). The molecule has 0 unspecified atom stereocenters. The van der Waals surface area contributed by atoms with Crippen molar-refractivity contribution in [2.24, 2.45) is 0 Å². The number of nitrogens with one attached hydrogen (secondary N) is 2. The zero-order valence-electron chi connectivity index (χ0n) is 15.6. The van der Waals surface area contributed by atoms with Crippen LogP contribution in [0, 0.1) is 0 Å². The Kier molecular flexibility index (Phi) is 6.92. The van der Waals surface area contributed by atoms with Crippen LogP contribution in [0.5, 0.6) is 0 Å². The van der Waals surface area contributed by atoms with Gasteiger partial charge in [-0.1, -0.05) is 38.2 Å². The maximum Gasteiger partial charge on any atom is 0.253 e. The van der Waals surface area contributed by atoms with Gasteiger partial charge in [-0.3, -0.25) is 9.59 Å². The predicted molar refractivity (Wildman–Crippen MR) is 104 cm³/mol. The lowest BCUT2D eigenvalue weighted by molar-refractivity contribution is -0.120. The molecule has 2 aliphatic rings. The molecular formula is C21H31N3O2. The molecule has 0 atom stereocenters. The first-order chi connectivity index (χ1) is 12.7. The zero-order chi connectivity index (χ0) is 18.2. The number of hydrogen-bond donors (Lipinski definition) is 2. The number of carbonyl (C=O) groups excluding carboxylic acids is 2. The van der Waals surface area contributed by atoms with Gasteiger partial charge >= 0.3 is 0 Å². The molecule has 0 radical (unpaired) electrons. The average molecular weight is 357 g/mol. The summed E-state index contributed by atoms with van der Waals surface area (Å²) in [6.07, 6.45) is 10.5. The average Bonchev–Trinajstić information content (AvgIpc) is 2.96. The van der Waals surface area contributed by atoms with Gasteiger partial charge in [0.2, 0.25) is 5.91 Å². The van der Waals surface area contributed by atoms with E-state index in [1.807, 2.05) is 29.2 Å². The van der Waals surface area contributed by atoms with Crippen LogP contribution >= 0.6 is 0 Å². The molecule has 1 heterocycles. The molecule has 5 nitrogen and oxygen atoms in total. The van der Waals surface area contributed by atoms with E-state index in [9.17, 15) is 9.59 Å². The molecular weight excluding hydrogens is 326 g/mol. The van der Waals surface area contributed by atoms with Gasteiger partial charge in [-0.2, -0.15) is 0 Å². The van der Waals surface area contributed by atoms with E-state index in [1.54, 1.807) is 0 Å². The van der Waals surface area contributed by atoms with Crippen LogP contribution < -0.4 is 10.6 Å². The van der Waals surface area contributed by atoms with E-state index in [4.69, 9.17) is 0 Å². The number of rotatable bonds is 5. The summed E-state index contributed by atoms with van der Waals surface area (Å²) in [5.41, 5.74) is 1.52. The van der Waals surface area contributed by atoms with Crippen molar-refractivity contribution < 1.29 is 9.59 Å². The number of anilines is 1. The molecule has 1 saturated carbocycles. The van der Waals surface area contributed by atoms with Crippen molar-refractivity contribution in [3.05, 3.63) is 29.8 Å². The zero-order valence-corrected chi connectivity index (χ0v) is 15.6. The fourth-order valence-electron chi connectivity index (χ4n) is 3.93. The summed E-state index contributed by atoms with van der Waals surface area (Å²) in [6.45, 7) is 1.94. The first kappa shape index (κ1) is 18.7. The number of benzene rings is 1. The minimum Gasteiger partial charge on any atom is -0.376 e. The summed E-state index contributed by atoms with van der Waals surface area (Å²) in [5, 5.41) is 6.27. The number of amides is 2. The lowest BCUT2D eigenvalue weighted by Crippen LogP contribution is -2.39. The van der Waals surface area contributed by atoms with Gasteiger partial charge in [0.1, 0.15) is 0 Å². The lowest BCUT2D eigenvalue weighted by Gasteiger charge is -2.23. The summed E-state index contributed by atoms with van der Waals surface area (Å²) in [6, 6.07) is 7.84. The fraction of sp³-hybridized carbons (Fsp3) is 0.619.